The van der Waals surface area contributed by atoms with Crippen LogP contribution in [0.15, 0.2) is 30.3 Å². The van der Waals surface area contributed by atoms with E-state index in [1.54, 1.807) is 6.07 Å². The number of carbonyl (C=O) groups excluding carboxylic acids is 2. The Morgan fingerprint density at radius 1 is 1.21 bits per heavy atom. The van der Waals surface area contributed by atoms with Gasteiger partial charge in [-0.05, 0) is 43.2 Å². The van der Waals surface area contributed by atoms with Crippen LogP contribution in [0.4, 0.5) is 10.1 Å². The van der Waals surface area contributed by atoms with Gasteiger partial charge in [0, 0.05) is 24.1 Å². The molecule has 1 aromatic heterocycles. The lowest BCUT2D eigenvalue weighted by molar-refractivity contribution is -0.119. The largest absolute Gasteiger partial charge is 0.493 e. The number of nitrogens with zero attached hydrogens (tertiary/aromatic N) is 3. The summed E-state index contributed by atoms with van der Waals surface area (Å²) in [5.74, 6) is -0.180. The fourth-order valence-electron chi connectivity index (χ4n) is 3.79. The molecule has 1 aliphatic heterocycles. The van der Waals surface area contributed by atoms with Gasteiger partial charge in [0.15, 0.2) is 23.9 Å². The number of nitrogens with one attached hydrogen (secondary N) is 1. The number of carbonyl (C=O) groups is 2. The molecule has 178 valence electrons. The van der Waals surface area contributed by atoms with Crippen molar-refractivity contribution in [3.05, 3.63) is 52.6 Å². The van der Waals surface area contributed by atoms with Crippen molar-refractivity contribution in [2.45, 2.75) is 32.2 Å². The number of hydrogen-bond donors (Lipinski definition) is 2. The maximum atomic E-state index is 14.6. The van der Waals surface area contributed by atoms with Crippen molar-refractivity contribution in [2.75, 3.05) is 19.0 Å². The highest BCUT2D eigenvalue weighted by atomic mass is 35.5. The van der Waals surface area contributed by atoms with Crippen LogP contribution in [0.25, 0.3) is 11.4 Å². The van der Waals surface area contributed by atoms with Crippen molar-refractivity contribution < 1.29 is 23.5 Å². The molecule has 0 saturated heterocycles. The number of nitrogens with two attached hydrogens (primary N) is 1. The molecule has 3 N–H and O–H groups in total. The molecule has 1 aliphatic rings. The Balaban J connectivity index is 1.60. The van der Waals surface area contributed by atoms with Crippen LogP contribution in [0.3, 0.4) is 0 Å². The smallest absolute Gasteiger partial charge is 0.255 e. The predicted molar refractivity (Wildman–Crippen MR) is 124 cm³/mol. The Morgan fingerprint density at radius 2 is 2.03 bits per heavy atom. The number of anilines is 1. The Bertz CT molecular complexity index is 1250. The SMILES string of the molecule is COc1cc(C(=O)Nc2cc(-c3nnc4n3CCCCC4)ccc2F)cc(Cl)c1OCC(N)=O. The minimum Gasteiger partial charge on any atom is -0.493 e. The number of ether oxygens (including phenoxy) is 2. The molecule has 11 heteroatoms. The average Bonchev–Trinajstić information content (AvgIpc) is 3.06. The van der Waals surface area contributed by atoms with E-state index in [9.17, 15) is 14.0 Å². The van der Waals surface area contributed by atoms with Crippen LogP contribution >= 0.6 is 11.6 Å². The molecule has 0 saturated carbocycles. The molecule has 2 aromatic carbocycles. The molecule has 34 heavy (non-hydrogen) atoms. The van der Waals surface area contributed by atoms with Crippen LogP contribution < -0.4 is 20.5 Å². The molecule has 0 radical (unpaired) electrons. The molecule has 0 fully saturated rings. The van der Waals surface area contributed by atoms with Gasteiger partial charge in [-0.25, -0.2) is 4.39 Å². The Morgan fingerprint density at radius 3 is 2.79 bits per heavy atom. The van der Waals surface area contributed by atoms with E-state index < -0.39 is 24.2 Å². The summed E-state index contributed by atoms with van der Waals surface area (Å²) >= 11 is 6.22. The van der Waals surface area contributed by atoms with Crippen LogP contribution in [-0.2, 0) is 17.8 Å². The van der Waals surface area contributed by atoms with Crippen molar-refractivity contribution in [1.29, 1.82) is 0 Å². The number of hydrogen-bond acceptors (Lipinski definition) is 6. The standard InChI is InChI=1S/C23H23ClFN5O4/c1-33-18-11-14(9-15(24)21(18)34-12-19(26)31)23(32)27-17-10-13(6-7-16(17)25)22-29-28-20-5-3-2-4-8-30(20)22/h6-7,9-11H,2-5,8,12H2,1H3,(H2,26,31)(H,27,32). The van der Waals surface area contributed by atoms with E-state index in [4.69, 9.17) is 26.8 Å². The first-order valence-electron chi connectivity index (χ1n) is 10.7. The van der Waals surface area contributed by atoms with Crippen molar-refractivity contribution in [3.63, 3.8) is 0 Å². The van der Waals surface area contributed by atoms with Crippen molar-refractivity contribution in [2.24, 2.45) is 5.73 Å². The highest BCUT2D eigenvalue weighted by Crippen LogP contribution is 2.37. The topological polar surface area (TPSA) is 121 Å². The van der Waals surface area contributed by atoms with E-state index in [0.29, 0.717) is 11.4 Å². The van der Waals surface area contributed by atoms with Crippen molar-refractivity contribution in [3.8, 4) is 22.9 Å². The number of primary amides is 1. The summed E-state index contributed by atoms with van der Waals surface area (Å²) in [6.45, 7) is 0.380. The monoisotopic (exact) mass is 487 g/mol. The number of rotatable bonds is 7. The number of aromatic nitrogens is 3. The summed E-state index contributed by atoms with van der Waals surface area (Å²) in [6, 6.07) is 7.11. The second-order valence-electron chi connectivity index (χ2n) is 7.80. The first-order valence-corrected chi connectivity index (χ1v) is 11.1. The first kappa shape index (κ1) is 23.5. The van der Waals surface area contributed by atoms with Gasteiger partial charge >= 0.3 is 0 Å². The van der Waals surface area contributed by atoms with E-state index in [1.165, 1.54) is 31.4 Å². The molecular formula is C23H23ClFN5O4. The molecule has 2 heterocycles. The summed E-state index contributed by atoms with van der Waals surface area (Å²) in [7, 11) is 1.36. The van der Waals surface area contributed by atoms with Crippen LogP contribution in [0.1, 0.15) is 35.4 Å². The van der Waals surface area contributed by atoms with E-state index in [0.717, 1.165) is 38.1 Å². The molecule has 0 unspecified atom stereocenters. The number of methoxy groups -OCH3 is 1. The zero-order valence-electron chi connectivity index (χ0n) is 18.4. The van der Waals surface area contributed by atoms with Crippen LogP contribution in [0, 0.1) is 5.82 Å². The first-order chi connectivity index (χ1) is 16.4. The maximum Gasteiger partial charge on any atom is 0.255 e. The Hall–Kier alpha value is -3.66. The van der Waals surface area contributed by atoms with Crippen LogP contribution in [-0.4, -0.2) is 40.3 Å². The van der Waals surface area contributed by atoms with Crippen molar-refractivity contribution >= 4 is 29.1 Å². The summed E-state index contributed by atoms with van der Waals surface area (Å²) in [5, 5.41) is 11.2. The molecule has 9 nitrogen and oxygen atoms in total. The number of amides is 2. The minimum atomic E-state index is -0.695. The lowest BCUT2D eigenvalue weighted by Crippen LogP contribution is -2.20. The highest BCUT2D eigenvalue weighted by Gasteiger charge is 2.20. The van der Waals surface area contributed by atoms with Crippen LogP contribution in [0.2, 0.25) is 5.02 Å². The third-order valence-electron chi connectivity index (χ3n) is 5.43. The van der Waals surface area contributed by atoms with E-state index >= 15 is 0 Å². The minimum absolute atomic E-state index is 0.0161. The molecule has 4 rings (SSSR count). The summed E-state index contributed by atoms with van der Waals surface area (Å²) in [5.41, 5.74) is 5.83. The van der Waals surface area contributed by atoms with Gasteiger partial charge in [0.05, 0.1) is 17.8 Å². The number of aryl methyl sites for hydroxylation is 1. The van der Waals surface area contributed by atoms with Gasteiger partial charge in [-0.15, -0.1) is 10.2 Å². The molecule has 0 aliphatic carbocycles. The normalized spacial score (nSPS) is 13.0. The van der Waals surface area contributed by atoms with Gasteiger partial charge < -0.3 is 25.1 Å². The van der Waals surface area contributed by atoms with Gasteiger partial charge in [-0.1, -0.05) is 18.0 Å². The second-order valence-corrected chi connectivity index (χ2v) is 8.20. The third kappa shape index (κ3) is 4.96. The zero-order valence-corrected chi connectivity index (χ0v) is 19.2. The number of benzene rings is 2. The van der Waals surface area contributed by atoms with Crippen LogP contribution in [0.5, 0.6) is 11.5 Å². The Labute approximate surface area is 200 Å². The summed E-state index contributed by atoms with van der Waals surface area (Å²) < 4.78 is 27.1. The lowest BCUT2D eigenvalue weighted by Gasteiger charge is -2.14. The maximum absolute atomic E-state index is 14.6. The average molecular weight is 488 g/mol. The van der Waals surface area contributed by atoms with E-state index in [-0.39, 0.29) is 27.8 Å². The quantitative estimate of drug-likeness (QED) is 0.525. The van der Waals surface area contributed by atoms with Gasteiger partial charge in [0.2, 0.25) is 0 Å². The predicted octanol–water partition coefficient (Wildman–Crippen LogP) is 3.59. The number of halogens is 2. The molecule has 0 spiro atoms. The lowest BCUT2D eigenvalue weighted by atomic mass is 10.1. The van der Waals surface area contributed by atoms with E-state index in [1.807, 2.05) is 4.57 Å². The summed E-state index contributed by atoms with van der Waals surface area (Å²) in [4.78, 5) is 23.9. The van der Waals surface area contributed by atoms with Gasteiger partial charge in [-0.3, -0.25) is 9.59 Å². The van der Waals surface area contributed by atoms with Crippen molar-refractivity contribution in [1.82, 2.24) is 14.8 Å². The highest BCUT2D eigenvalue weighted by molar-refractivity contribution is 6.32. The fourth-order valence-corrected chi connectivity index (χ4v) is 4.05. The van der Waals surface area contributed by atoms with Gasteiger partial charge in [0.25, 0.3) is 11.8 Å². The molecule has 0 bridgehead atoms. The van der Waals surface area contributed by atoms with Gasteiger partial charge in [-0.2, -0.15) is 0 Å². The molecule has 2 amide bonds. The fraction of sp³-hybridized carbons (Fsp3) is 0.304. The zero-order chi connectivity index (χ0) is 24.2. The van der Waals surface area contributed by atoms with E-state index in [2.05, 4.69) is 15.5 Å². The summed E-state index contributed by atoms with van der Waals surface area (Å²) in [6.07, 6.45) is 4.04. The molecular weight excluding hydrogens is 465 g/mol. The third-order valence-corrected chi connectivity index (χ3v) is 5.71. The second kappa shape index (κ2) is 10.1. The number of fused-ring (bicyclic) bond motifs is 1. The molecule has 3 aromatic rings. The molecule has 0 atom stereocenters. The Kier molecular flexibility index (Phi) is 6.97. The van der Waals surface area contributed by atoms with Gasteiger partial charge in [0.1, 0.15) is 11.6 Å².